The number of carbonyl (C=O) groups excluding carboxylic acids is 1. The maximum absolute atomic E-state index is 12.7. The summed E-state index contributed by atoms with van der Waals surface area (Å²) in [6, 6.07) is 2.97. The average Bonchev–Trinajstić information content (AvgIpc) is 3.36. The van der Waals surface area contributed by atoms with E-state index in [1.54, 1.807) is 0 Å². The first kappa shape index (κ1) is 19.9. The number of ether oxygens (including phenoxy) is 1. The molecule has 1 saturated heterocycles. The van der Waals surface area contributed by atoms with Crippen molar-refractivity contribution >= 4 is 21.6 Å². The van der Waals surface area contributed by atoms with E-state index in [0.29, 0.717) is 12.6 Å². The lowest BCUT2D eigenvalue weighted by Gasteiger charge is -2.24. The van der Waals surface area contributed by atoms with E-state index < -0.39 is 10.0 Å². The van der Waals surface area contributed by atoms with Crippen molar-refractivity contribution in [1.82, 2.24) is 14.9 Å². The number of likely N-dealkylation sites (tertiary alicyclic amines) is 1. The van der Waals surface area contributed by atoms with Gasteiger partial charge < -0.3 is 15.8 Å². The zero-order chi connectivity index (χ0) is 19.6. The van der Waals surface area contributed by atoms with E-state index in [1.807, 2.05) is 0 Å². The topological polar surface area (TPSA) is 114 Å². The van der Waals surface area contributed by atoms with E-state index in [-0.39, 0.29) is 27.8 Å². The van der Waals surface area contributed by atoms with Crippen molar-refractivity contribution in [3.63, 3.8) is 0 Å². The Morgan fingerprint density at radius 2 is 2.07 bits per heavy atom. The predicted octanol–water partition coefficient (Wildman–Crippen LogP) is 0.790. The number of nitrogens with zero attached hydrogens (tertiary/aromatic N) is 1. The molecule has 1 saturated carbocycles. The number of nitrogen functional groups attached to an aromatic ring is 1. The molecule has 1 unspecified atom stereocenters. The number of rotatable bonds is 8. The van der Waals surface area contributed by atoms with Gasteiger partial charge in [0.05, 0.1) is 18.4 Å². The highest BCUT2D eigenvalue weighted by atomic mass is 32.2. The van der Waals surface area contributed by atoms with Crippen molar-refractivity contribution in [2.75, 3.05) is 39.5 Å². The molecule has 150 valence electrons. The average molecular weight is 397 g/mol. The Morgan fingerprint density at radius 1 is 1.33 bits per heavy atom. The molecule has 1 aliphatic carbocycles. The molecule has 27 heavy (non-hydrogen) atoms. The van der Waals surface area contributed by atoms with Gasteiger partial charge in [0.15, 0.2) is 0 Å². The highest BCUT2D eigenvalue weighted by molar-refractivity contribution is 7.89. The summed E-state index contributed by atoms with van der Waals surface area (Å²) in [4.78, 5) is 15.1. The Bertz CT molecular complexity index is 808. The summed E-state index contributed by atoms with van der Waals surface area (Å²) in [6.45, 7) is 2.72. The number of anilines is 1. The largest absolute Gasteiger partial charge is 0.496 e. The summed E-state index contributed by atoms with van der Waals surface area (Å²) >= 11 is 0. The molecule has 1 heterocycles. The van der Waals surface area contributed by atoms with Gasteiger partial charge in [-0.1, -0.05) is 0 Å². The van der Waals surface area contributed by atoms with E-state index in [9.17, 15) is 13.2 Å². The summed E-state index contributed by atoms with van der Waals surface area (Å²) < 4.78 is 31.7. The van der Waals surface area contributed by atoms with Crippen LogP contribution in [0.2, 0.25) is 0 Å². The van der Waals surface area contributed by atoms with Gasteiger partial charge in [0.1, 0.15) is 10.6 Å². The van der Waals surface area contributed by atoms with Crippen molar-refractivity contribution < 1.29 is 17.9 Å². The number of nitrogens with two attached hydrogens (primary N) is 1. The second-order valence-electron chi connectivity index (χ2n) is 7.24. The molecule has 4 N–H and O–H groups in total. The minimum Gasteiger partial charge on any atom is -0.496 e. The molecule has 1 aromatic rings. The third-order valence-corrected chi connectivity index (χ3v) is 6.79. The minimum absolute atomic E-state index is 0.0316. The van der Waals surface area contributed by atoms with E-state index in [0.717, 1.165) is 31.8 Å². The predicted molar refractivity (Wildman–Crippen MR) is 103 cm³/mol. The van der Waals surface area contributed by atoms with Crippen molar-refractivity contribution in [3.05, 3.63) is 17.7 Å². The van der Waals surface area contributed by atoms with Crippen LogP contribution < -0.4 is 20.5 Å². The number of sulfonamides is 1. The van der Waals surface area contributed by atoms with E-state index in [2.05, 4.69) is 14.9 Å². The molecule has 9 heteroatoms. The van der Waals surface area contributed by atoms with Crippen LogP contribution in [-0.4, -0.2) is 59.1 Å². The number of hydrogen-bond donors (Lipinski definition) is 3. The van der Waals surface area contributed by atoms with E-state index >= 15 is 0 Å². The Hall–Kier alpha value is -1.84. The number of carbonyl (C=O) groups is 1. The minimum atomic E-state index is -3.77. The second kappa shape index (κ2) is 8.04. The Balaban J connectivity index is 1.74. The van der Waals surface area contributed by atoms with Gasteiger partial charge in [0, 0.05) is 25.2 Å². The van der Waals surface area contributed by atoms with Gasteiger partial charge in [-0.05, 0) is 51.3 Å². The SMILES string of the molecule is CNS(=O)(=O)c1cc(C(=O)NCC2CCCN2CC2CC2)c(OC)cc1N. The van der Waals surface area contributed by atoms with Gasteiger partial charge in [0.25, 0.3) is 5.91 Å². The number of nitrogens with one attached hydrogen (secondary N) is 2. The molecule has 0 radical (unpaired) electrons. The Labute approximate surface area is 160 Å². The third kappa shape index (κ3) is 4.53. The number of benzene rings is 1. The molecule has 2 aliphatic rings. The number of hydrogen-bond acceptors (Lipinski definition) is 6. The normalized spacial score (nSPS) is 20.6. The zero-order valence-corrected chi connectivity index (χ0v) is 16.6. The highest BCUT2D eigenvalue weighted by Crippen LogP contribution is 2.32. The fourth-order valence-corrected chi connectivity index (χ4v) is 4.43. The van der Waals surface area contributed by atoms with Crippen LogP contribution in [0.15, 0.2) is 17.0 Å². The molecule has 0 bridgehead atoms. The van der Waals surface area contributed by atoms with Gasteiger partial charge in [0.2, 0.25) is 10.0 Å². The van der Waals surface area contributed by atoms with Crippen LogP contribution in [-0.2, 0) is 10.0 Å². The van der Waals surface area contributed by atoms with Crippen LogP contribution in [0.1, 0.15) is 36.0 Å². The molecule has 3 rings (SSSR count). The Kier molecular flexibility index (Phi) is 5.92. The third-order valence-electron chi connectivity index (χ3n) is 5.32. The first-order valence-electron chi connectivity index (χ1n) is 9.29. The second-order valence-corrected chi connectivity index (χ2v) is 9.10. The smallest absolute Gasteiger partial charge is 0.255 e. The summed E-state index contributed by atoms with van der Waals surface area (Å²) in [6.07, 6.45) is 4.82. The number of methoxy groups -OCH3 is 1. The first-order chi connectivity index (χ1) is 12.9. The van der Waals surface area contributed by atoms with E-state index in [1.165, 1.54) is 39.1 Å². The molecule has 1 aliphatic heterocycles. The zero-order valence-electron chi connectivity index (χ0n) is 15.8. The van der Waals surface area contributed by atoms with Gasteiger partial charge in [-0.25, -0.2) is 13.1 Å². The lowest BCUT2D eigenvalue weighted by Crippen LogP contribution is -2.41. The molecular formula is C18H28N4O4S. The quantitative estimate of drug-likeness (QED) is 0.560. The van der Waals surface area contributed by atoms with Crippen LogP contribution in [0.25, 0.3) is 0 Å². The highest BCUT2D eigenvalue weighted by Gasteiger charge is 2.31. The van der Waals surface area contributed by atoms with Crippen LogP contribution >= 0.6 is 0 Å². The van der Waals surface area contributed by atoms with Gasteiger partial charge in [-0.3, -0.25) is 9.69 Å². The Morgan fingerprint density at radius 3 is 2.70 bits per heavy atom. The molecule has 1 amide bonds. The monoisotopic (exact) mass is 396 g/mol. The lowest BCUT2D eigenvalue weighted by atomic mass is 10.1. The molecule has 2 fully saturated rings. The van der Waals surface area contributed by atoms with Crippen molar-refractivity contribution in [1.29, 1.82) is 0 Å². The fourth-order valence-electron chi connectivity index (χ4n) is 3.57. The maximum atomic E-state index is 12.7. The van der Waals surface area contributed by atoms with Crippen LogP contribution in [0.3, 0.4) is 0 Å². The molecule has 0 spiro atoms. The fraction of sp³-hybridized carbons (Fsp3) is 0.611. The molecule has 1 aromatic carbocycles. The molecule has 8 nitrogen and oxygen atoms in total. The molecular weight excluding hydrogens is 368 g/mol. The summed E-state index contributed by atoms with van der Waals surface area (Å²) in [7, 11) is -1.05. The first-order valence-corrected chi connectivity index (χ1v) is 10.8. The van der Waals surface area contributed by atoms with Gasteiger partial charge >= 0.3 is 0 Å². The van der Waals surface area contributed by atoms with Crippen LogP contribution in [0.4, 0.5) is 5.69 Å². The van der Waals surface area contributed by atoms with Crippen LogP contribution in [0, 0.1) is 5.92 Å². The van der Waals surface area contributed by atoms with Crippen molar-refractivity contribution in [3.8, 4) is 5.75 Å². The lowest BCUT2D eigenvalue weighted by molar-refractivity contribution is 0.0937. The number of amides is 1. The summed E-state index contributed by atoms with van der Waals surface area (Å²) in [5.41, 5.74) is 6.03. The van der Waals surface area contributed by atoms with Crippen molar-refractivity contribution in [2.45, 2.75) is 36.6 Å². The maximum Gasteiger partial charge on any atom is 0.255 e. The van der Waals surface area contributed by atoms with Gasteiger partial charge in [-0.15, -0.1) is 0 Å². The van der Waals surface area contributed by atoms with Gasteiger partial charge in [-0.2, -0.15) is 0 Å². The van der Waals surface area contributed by atoms with Crippen LogP contribution in [0.5, 0.6) is 5.75 Å². The molecule has 0 aromatic heterocycles. The summed E-state index contributed by atoms with van der Waals surface area (Å²) in [5.74, 6) is 0.701. The summed E-state index contributed by atoms with van der Waals surface area (Å²) in [5, 5.41) is 2.94. The van der Waals surface area contributed by atoms with Crippen molar-refractivity contribution in [2.24, 2.45) is 5.92 Å². The molecule has 1 atom stereocenters. The van der Waals surface area contributed by atoms with E-state index in [4.69, 9.17) is 10.5 Å². The standard InChI is InChI=1S/C18H28N4O4S/c1-20-27(24,25)17-8-14(16(26-2)9-15(17)19)18(23)21-10-13-4-3-7-22(13)11-12-5-6-12/h8-9,12-13,20H,3-7,10-11,19H2,1-2H3,(H,21,23).